The standard InChI is InChI=1S/C19H24O4/c1-21-18-12-10-15(19(14-18)22-2)9-11-16(20)6-3-4-7-17-8-5-13-23-17/h5,8,10,12-14H,3-4,6-7,9,11H2,1-2H3. The fourth-order valence-electron chi connectivity index (χ4n) is 2.53. The van der Waals surface area contributed by atoms with E-state index in [1.165, 1.54) is 0 Å². The van der Waals surface area contributed by atoms with Crippen molar-refractivity contribution >= 4 is 5.78 Å². The van der Waals surface area contributed by atoms with Crippen molar-refractivity contribution in [2.75, 3.05) is 14.2 Å². The number of hydrogen-bond acceptors (Lipinski definition) is 4. The van der Waals surface area contributed by atoms with E-state index < -0.39 is 0 Å². The maximum absolute atomic E-state index is 12.0. The van der Waals surface area contributed by atoms with Crippen LogP contribution in [-0.2, 0) is 17.6 Å². The zero-order valence-corrected chi connectivity index (χ0v) is 13.8. The predicted octanol–water partition coefficient (Wildman–Crippen LogP) is 4.21. The Kier molecular flexibility index (Phi) is 6.73. The van der Waals surface area contributed by atoms with Crippen molar-refractivity contribution < 1.29 is 18.7 Å². The number of methoxy groups -OCH3 is 2. The lowest BCUT2D eigenvalue weighted by atomic mass is 10.0. The molecule has 0 saturated heterocycles. The van der Waals surface area contributed by atoms with E-state index in [9.17, 15) is 4.79 Å². The Hall–Kier alpha value is -2.23. The van der Waals surface area contributed by atoms with Crippen molar-refractivity contribution in [3.8, 4) is 11.5 Å². The van der Waals surface area contributed by atoms with Crippen molar-refractivity contribution in [2.45, 2.75) is 38.5 Å². The SMILES string of the molecule is COc1ccc(CCC(=O)CCCCc2ccco2)c(OC)c1. The summed E-state index contributed by atoms with van der Waals surface area (Å²) in [5.74, 6) is 2.81. The molecule has 2 rings (SSSR count). The highest BCUT2D eigenvalue weighted by Gasteiger charge is 2.08. The monoisotopic (exact) mass is 316 g/mol. The fourth-order valence-corrected chi connectivity index (χ4v) is 2.53. The van der Waals surface area contributed by atoms with Gasteiger partial charge in [-0.05, 0) is 43.0 Å². The fraction of sp³-hybridized carbons (Fsp3) is 0.421. The third kappa shape index (κ3) is 5.47. The maximum atomic E-state index is 12.0. The average molecular weight is 316 g/mol. The molecule has 0 spiro atoms. The molecule has 0 bridgehead atoms. The highest BCUT2D eigenvalue weighted by Crippen LogP contribution is 2.25. The van der Waals surface area contributed by atoms with Crippen molar-refractivity contribution in [3.63, 3.8) is 0 Å². The van der Waals surface area contributed by atoms with E-state index >= 15 is 0 Å². The van der Waals surface area contributed by atoms with Crippen LogP contribution in [0.15, 0.2) is 41.0 Å². The highest BCUT2D eigenvalue weighted by molar-refractivity contribution is 5.78. The van der Waals surface area contributed by atoms with Gasteiger partial charge >= 0.3 is 0 Å². The third-order valence-corrected chi connectivity index (χ3v) is 3.88. The summed E-state index contributed by atoms with van der Waals surface area (Å²) in [5, 5.41) is 0. The van der Waals surface area contributed by atoms with Gasteiger partial charge in [0, 0.05) is 25.3 Å². The quantitative estimate of drug-likeness (QED) is 0.616. The molecule has 1 aromatic carbocycles. The van der Waals surface area contributed by atoms with Crippen LogP contribution in [0.3, 0.4) is 0 Å². The summed E-state index contributed by atoms with van der Waals surface area (Å²) >= 11 is 0. The molecule has 0 fully saturated rings. The van der Waals surface area contributed by atoms with E-state index in [0.717, 1.165) is 42.1 Å². The van der Waals surface area contributed by atoms with Gasteiger partial charge in [-0.25, -0.2) is 0 Å². The van der Waals surface area contributed by atoms with Crippen molar-refractivity contribution in [1.29, 1.82) is 0 Å². The molecule has 0 radical (unpaired) electrons. The molecule has 0 aliphatic heterocycles. The van der Waals surface area contributed by atoms with E-state index in [1.807, 2.05) is 30.3 Å². The lowest BCUT2D eigenvalue weighted by Gasteiger charge is -2.10. The molecular weight excluding hydrogens is 292 g/mol. The van der Waals surface area contributed by atoms with Crippen LogP contribution in [0.25, 0.3) is 0 Å². The van der Waals surface area contributed by atoms with Gasteiger partial charge in [-0.2, -0.15) is 0 Å². The average Bonchev–Trinajstić information content (AvgIpc) is 3.10. The summed E-state index contributed by atoms with van der Waals surface area (Å²) in [6, 6.07) is 9.57. The molecule has 23 heavy (non-hydrogen) atoms. The molecule has 0 aliphatic carbocycles. The zero-order chi connectivity index (χ0) is 16.5. The molecule has 0 unspecified atom stereocenters. The smallest absolute Gasteiger partial charge is 0.133 e. The number of unbranched alkanes of at least 4 members (excludes halogenated alkanes) is 1. The first-order valence-electron chi connectivity index (χ1n) is 7.98. The van der Waals surface area contributed by atoms with E-state index in [1.54, 1.807) is 20.5 Å². The number of carbonyl (C=O) groups excluding carboxylic acids is 1. The second-order valence-electron chi connectivity index (χ2n) is 5.50. The first kappa shape index (κ1) is 17.1. The number of rotatable bonds is 10. The van der Waals surface area contributed by atoms with Crippen molar-refractivity contribution in [3.05, 3.63) is 47.9 Å². The predicted molar refractivity (Wildman–Crippen MR) is 89.1 cm³/mol. The van der Waals surface area contributed by atoms with Gasteiger partial charge in [0.05, 0.1) is 20.5 Å². The Morgan fingerprint density at radius 1 is 1.04 bits per heavy atom. The third-order valence-electron chi connectivity index (χ3n) is 3.88. The van der Waals surface area contributed by atoms with E-state index in [-0.39, 0.29) is 0 Å². The summed E-state index contributed by atoms with van der Waals surface area (Å²) in [7, 11) is 3.26. The minimum atomic E-state index is 0.294. The van der Waals surface area contributed by atoms with Gasteiger partial charge in [0.1, 0.15) is 23.0 Å². The molecule has 0 aliphatic rings. The molecular formula is C19H24O4. The van der Waals surface area contributed by atoms with Crippen molar-refractivity contribution in [1.82, 2.24) is 0 Å². The van der Waals surface area contributed by atoms with Crippen LogP contribution in [0.2, 0.25) is 0 Å². The first-order valence-corrected chi connectivity index (χ1v) is 7.98. The lowest BCUT2D eigenvalue weighted by molar-refractivity contribution is -0.119. The van der Waals surface area contributed by atoms with Crippen LogP contribution in [0, 0.1) is 0 Å². The van der Waals surface area contributed by atoms with Crippen LogP contribution in [0.1, 0.15) is 37.0 Å². The van der Waals surface area contributed by atoms with Crippen LogP contribution >= 0.6 is 0 Å². The first-order chi connectivity index (χ1) is 11.2. The maximum Gasteiger partial charge on any atom is 0.133 e. The molecule has 4 nitrogen and oxygen atoms in total. The summed E-state index contributed by atoms with van der Waals surface area (Å²) in [6.45, 7) is 0. The second-order valence-corrected chi connectivity index (χ2v) is 5.50. The minimum absolute atomic E-state index is 0.294. The minimum Gasteiger partial charge on any atom is -0.497 e. The summed E-state index contributed by atoms with van der Waals surface area (Å²) in [4.78, 5) is 12.0. The molecule has 4 heteroatoms. The topological polar surface area (TPSA) is 48.7 Å². The number of Topliss-reactive ketones (excluding diaryl/α,β-unsaturated/α-hetero) is 1. The van der Waals surface area contributed by atoms with Crippen LogP contribution < -0.4 is 9.47 Å². The zero-order valence-electron chi connectivity index (χ0n) is 13.8. The van der Waals surface area contributed by atoms with Gasteiger partial charge in [0.15, 0.2) is 0 Å². The highest BCUT2D eigenvalue weighted by atomic mass is 16.5. The largest absolute Gasteiger partial charge is 0.497 e. The van der Waals surface area contributed by atoms with Gasteiger partial charge < -0.3 is 13.9 Å². The van der Waals surface area contributed by atoms with Crippen molar-refractivity contribution in [2.24, 2.45) is 0 Å². The van der Waals surface area contributed by atoms with E-state index in [4.69, 9.17) is 13.9 Å². The summed E-state index contributed by atoms with van der Waals surface area (Å²) in [5.41, 5.74) is 1.04. The Bertz CT molecular complexity index is 602. The molecule has 0 N–H and O–H groups in total. The lowest BCUT2D eigenvalue weighted by Crippen LogP contribution is -2.02. The van der Waals surface area contributed by atoms with Crippen LogP contribution in [0.4, 0.5) is 0 Å². The van der Waals surface area contributed by atoms with E-state index in [0.29, 0.717) is 25.0 Å². The molecule has 0 amide bonds. The molecule has 124 valence electrons. The number of hydrogen-bond donors (Lipinski definition) is 0. The summed E-state index contributed by atoms with van der Waals surface area (Å²) in [6.07, 6.45) is 6.33. The number of aryl methyl sites for hydroxylation is 2. The van der Waals surface area contributed by atoms with Crippen LogP contribution in [0.5, 0.6) is 11.5 Å². The molecule has 2 aromatic rings. The Morgan fingerprint density at radius 3 is 2.61 bits per heavy atom. The molecule has 0 atom stereocenters. The normalized spacial score (nSPS) is 10.5. The number of carbonyl (C=O) groups is 1. The Labute approximate surface area is 137 Å². The van der Waals surface area contributed by atoms with Gasteiger partial charge in [-0.15, -0.1) is 0 Å². The van der Waals surface area contributed by atoms with Gasteiger partial charge in [0.25, 0.3) is 0 Å². The molecule has 1 aromatic heterocycles. The number of furan rings is 1. The number of ketones is 1. The van der Waals surface area contributed by atoms with Gasteiger partial charge in [-0.3, -0.25) is 4.79 Å². The molecule has 1 heterocycles. The number of benzene rings is 1. The second kappa shape index (κ2) is 9.03. The van der Waals surface area contributed by atoms with Gasteiger partial charge in [-0.1, -0.05) is 6.07 Å². The van der Waals surface area contributed by atoms with E-state index in [2.05, 4.69) is 0 Å². The molecule has 0 saturated carbocycles. The summed E-state index contributed by atoms with van der Waals surface area (Å²) < 4.78 is 15.8. The Morgan fingerprint density at radius 2 is 1.91 bits per heavy atom. The van der Waals surface area contributed by atoms with Gasteiger partial charge in [0.2, 0.25) is 0 Å². The number of ether oxygens (including phenoxy) is 2. The Balaban J connectivity index is 1.71. The van der Waals surface area contributed by atoms with Crippen LogP contribution in [-0.4, -0.2) is 20.0 Å².